The van der Waals surface area contributed by atoms with Crippen molar-refractivity contribution in [3.8, 4) is 16.9 Å². The normalized spacial score (nSPS) is 11.1. The van der Waals surface area contributed by atoms with E-state index in [1.54, 1.807) is 6.07 Å². The van der Waals surface area contributed by atoms with Crippen LogP contribution >= 0.6 is 0 Å². The first-order valence-electron chi connectivity index (χ1n) is 7.34. The summed E-state index contributed by atoms with van der Waals surface area (Å²) in [6, 6.07) is 15.1. The SMILES string of the molecule is Cc1ccc2oc(=O)cc(-c3ccc(OC(C)C)cc3)c2c1. The molecule has 2 aromatic carbocycles. The third-order valence-electron chi connectivity index (χ3n) is 3.44. The number of hydrogen-bond acceptors (Lipinski definition) is 3. The predicted molar refractivity (Wildman–Crippen MR) is 88.4 cm³/mol. The molecule has 0 aliphatic rings. The van der Waals surface area contributed by atoms with E-state index in [9.17, 15) is 4.79 Å². The summed E-state index contributed by atoms with van der Waals surface area (Å²) < 4.78 is 10.9. The maximum Gasteiger partial charge on any atom is 0.336 e. The van der Waals surface area contributed by atoms with Gasteiger partial charge >= 0.3 is 5.63 Å². The zero-order valence-corrected chi connectivity index (χ0v) is 12.9. The van der Waals surface area contributed by atoms with Crippen LogP contribution in [0.2, 0.25) is 0 Å². The van der Waals surface area contributed by atoms with Crippen molar-refractivity contribution in [3.63, 3.8) is 0 Å². The van der Waals surface area contributed by atoms with Gasteiger partial charge in [0.1, 0.15) is 11.3 Å². The highest BCUT2D eigenvalue weighted by Crippen LogP contribution is 2.29. The van der Waals surface area contributed by atoms with Crippen LogP contribution in [0.25, 0.3) is 22.1 Å². The van der Waals surface area contributed by atoms with E-state index in [0.717, 1.165) is 27.8 Å². The van der Waals surface area contributed by atoms with Crippen LogP contribution in [0, 0.1) is 6.92 Å². The Bertz CT molecular complexity index is 858. The van der Waals surface area contributed by atoms with Crippen molar-refractivity contribution in [1.82, 2.24) is 0 Å². The molecular weight excluding hydrogens is 276 g/mol. The highest BCUT2D eigenvalue weighted by atomic mass is 16.5. The van der Waals surface area contributed by atoms with Crippen LogP contribution in [0.1, 0.15) is 19.4 Å². The molecular formula is C19H18O3. The maximum absolute atomic E-state index is 11.8. The van der Waals surface area contributed by atoms with E-state index in [1.807, 2.05) is 63.2 Å². The lowest BCUT2D eigenvalue weighted by molar-refractivity contribution is 0.242. The van der Waals surface area contributed by atoms with Gasteiger partial charge in [0, 0.05) is 11.5 Å². The van der Waals surface area contributed by atoms with Crippen molar-refractivity contribution in [3.05, 3.63) is 64.5 Å². The van der Waals surface area contributed by atoms with Gasteiger partial charge in [0.05, 0.1) is 6.10 Å². The number of fused-ring (bicyclic) bond motifs is 1. The molecule has 22 heavy (non-hydrogen) atoms. The summed E-state index contributed by atoms with van der Waals surface area (Å²) in [7, 11) is 0. The fourth-order valence-electron chi connectivity index (χ4n) is 2.50. The topological polar surface area (TPSA) is 39.4 Å². The van der Waals surface area contributed by atoms with Crippen molar-refractivity contribution < 1.29 is 9.15 Å². The van der Waals surface area contributed by atoms with E-state index in [0.29, 0.717) is 5.58 Å². The molecule has 112 valence electrons. The van der Waals surface area contributed by atoms with Gasteiger partial charge < -0.3 is 9.15 Å². The van der Waals surface area contributed by atoms with Gasteiger partial charge in [-0.2, -0.15) is 0 Å². The molecule has 0 atom stereocenters. The Morgan fingerprint density at radius 3 is 2.41 bits per heavy atom. The largest absolute Gasteiger partial charge is 0.491 e. The zero-order chi connectivity index (χ0) is 15.7. The zero-order valence-electron chi connectivity index (χ0n) is 12.9. The van der Waals surface area contributed by atoms with E-state index in [-0.39, 0.29) is 11.7 Å². The van der Waals surface area contributed by atoms with E-state index in [4.69, 9.17) is 9.15 Å². The van der Waals surface area contributed by atoms with Crippen molar-refractivity contribution in [2.45, 2.75) is 26.9 Å². The van der Waals surface area contributed by atoms with Crippen molar-refractivity contribution in [1.29, 1.82) is 0 Å². The van der Waals surface area contributed by atoms with Crippen molar-refractivity contribution in [2.75, 3.05) is 0 Å². The van der Waals surface area contributed by atoms with Gasteiger partial charge in [0.25, 0.3) is 0 Å². The number of benzene rings is 2. The van der Waals surface area contributed by atoms with Crippen LogP contribution < -0.4 is 10.4 Å². The van der Waals surface area contributed by atoms with Crippen LogP contribution in [-0.2, 0) is 0 Å². The Labute approximate surface area is 129 Å². The van der Waals surface area contributed by atoms with Crippen LogP contribution in [0.4, 0.5) is 0 Å². The molecule has 0 fully saturated rings. The lowest BCUT2D eigenvalue weighted by atomic mass is 10.0. The molecule has 0 amide bonds. The van der Waals surface area contributed by atoms with Crippen LogP contribution in [0.3, 0.4) is 0 Å². The molecule has 0 spiro atoms. The Morgan fingerprint density at radius 1 is 1.00 bits per heavy atom. The molecule has 0 radical (unpaired) electrons. The lowest BCUT2D eigenvalue weighted by Crippen LogP contribution is -2.05. The average Bonchev–Trinajstić information content (AvgIpc) is 2.47. The van der Waals surface area contributed by atoms with Gasteiger partial charge in [-0.15, -0.1) is 0 Å². The van der Waals surface area contributed by atoms with Gasteiger partial charge in [0.15, 0.2) is 0 Å². The fraction of sp³-hybridized carbons (Fsp3) is 0.211. The molecule has 1 aromatic heterocycles. The third kappa shape index (κ3) is 2.89. The second kappa shape index (κ2) is 5.68. The molecule has 0 aliphatic carbocycles. The summed E-state index contributed by atoms with van der Waals surface area (Å²) in [5.41, 5.74) is 3.25. The smallest absolute Gasteiger partial charge is 0.336 e. The summed E-state index contributed by atoms with van der Waals surface area (Å²) in [5, 5.41) is 0.942. The monoisotopic (exact) mass is 294 g/mol. The van der Waals surface area contributed by atoms with E-state index >= 15 is 0 Å². The molecule has 0 saturated carbocycles. The predicted octanol–water partition coefficient (Wildman–Crippen LogP) is 4.56. The first kappa shape index (κ1) is 14.4. The Balaban J connectivity index is 2.13. The molecule has 0 unspecified atom stereocenters. The minimum Gasteiger partial charge on any atom is -0.491 e. The minimum absolute atomic E-state index is 0.137. The Hall–Kier alpha value is -2.55. The lowest BCUT2D eigenvalue weighted by Gasteiger charge is -2.11. The van der Waals surface area contributed by atoms with E-state index in [1.165, 1.54) is 0 Å². The van der Waals surface area contributed by atoms with E-state index < -0.39 is 0 Å². The third-order valence-corrected chi connectivity index (χ3v) is 3.44. The molecule has 3 rings (SSSR count). The molecule has 0 aliphatic heterocycles. The summed E-state index contributed by atoms with van der Waals surface area (Å²) in [5.74, 6) is 0.821. The highest BCUT2D eigenvalue weighted by Gasteiger charge is 2.08. The Kier molecular flexibility index (Phi) is 3.72. The summed E-state index contributed by atoms with van der Waals surface area (Å²) >= 11 is 0. The van der Waals surface area contributed by atoms with Gasteiger partial charge in [-0.3, -0.25) is 0 Å². The average molecular weight is 294 g/mol. The van der Waals surface area contributed by atoms with Gasteiger partial charge in [-0.05, 0) is 56.2 Å². The van der Waals surface area contributed by atoms with Crippen molar-refractivity contribution in [2.24, 2.45) is 0 Å². The standard InChI is InChI=1S/C19H18O3/c1-12(2)21-15-7-5-14(6-8-15)16-11-19(20)22-18-9-4-13(3)10-17(16)18/h4-12H,1-3H3. The van der Waals surface area contributed by atoms with Gasteiger partial charge in [-0.25, -0.2) is 4.79 Å². The van der Waals surface area contributed by atoms with Crippen LogP contribution in [-0.4, -0.2) is 6.10 Å². The van der Waals surface area contributed by atoms with Gasteiger partial charge in [0.2, 0.25) is 0 Å². The van der Waals surface area contributed by atoms with Crippen molar-refractivity contribution >= 4 is 11.0 Å². The first-order valence-corrected chi connectivity index (χ1v) is 7.34. The number of hydrogen-bond donors (Lipinski definition) is 0. The molecule has 0 N–H and O–H groups in total. The maximum atomic E-state index is 11.8. The summed E-state index contributed by atoms with van der Waals surface area (Å²) in [6.45, 7) is 6.01. The van der Waals surface area contributed by atoms with Crippen LogP contribution in [0.15, 0.2) is 57.7 Å². The second-order valence-electron chi connectivity index (χ2n) is 5.67. The van der Waals surface area contributed by atoms with Crippen LogP contribution in [0.5, 0.6) is 5.75 Å². The molecule has 3 nitrogen and oxygen atoms in total. The molecule has 0 bridgehead atoms. The number of ether oxygens (including phenoxy) is 1. The first-order chi connectivity index (χ1) is 10.5. The minimum atomic E-state index is -0.339. The van der Waals surface area contributed by atoms with Gasteiger partial charge in [-0.1, -0.05) is 23.8 Å². The molecule has 0 saturated heterocycles. The quantitative estimate of drug-likeness (QED) is 0.665. The summed E-state index contributed by atoms with van der Waals surface area (Å²) in [6.07, 6.45) is 0.137. The number of aryl methyl sites for hydroxylation is 1. The van der Waals surface area contributed by atoms with E-state index in [2.05, 4.69) is 0 Å². The fourth-order valence-corrected chi connectivity index (χ4v) is 2.50. The Morgan fingerprint density at radius 2 is 1.73 bits per heavy atom. The number of rotatable bonds is 3. The molecule has 3 heteroatoms. The highest BCUT2D eigenvalue weighted by molar-refractivity contribution is 5.93. The summed E-state index contributed by atoms with van der Waals surface area (Å²) in [4.78, 5) is 11.8. The molecule has 1 heterocycles. The second-order valence-corrected chi connectivity index (χ2v) is 5.67. The molecule has 3 aromatic rings.